The molecule has 3 heterocycles. The monoisotopic (exact) mass is 372 g/mol. The van der Waals surface area contributed by atoms with Gasteiger partial charge in [0, 0.05) is 25.5 Å². The molecule has 0 unspecified atom stereocenters. The van der Waals surface area contributed by atoms with Crippen molar-refractivity contribution in [2.24, 2.45) is 5.92 Å². The third-order valence-electron chi connectivity index (χ3n) is 3.76. The van der Waals surface area contributed by atoms with Crippen molar-refractivity contribution in [3.05, 3.63) is 22.1 Å². The minimum Gasteiger partial charge on any atom is -0.469 e. The van der Waals surface area contributed by atoms with E-state index in [9.17, 15) is 4.79 Å². The van der Waals surface area contributed by atoms with Crippen molar-refractivity contribution in [3.63, 3.8) is 0 Å². The van der Waals surface area contributed by atoms with E-state index in [1.807, 2.05) is 10.6 Å². The smallest absolute Gasteiger partial charge is 0.308 e. The molecule has 6 nitrogen and oxygen atoms in total. The highest BCUT2D eigenvalue weighted by molar-refractivity contribution is 9.10. The van der Waals surface area contributed by atoms with Gasteiger partial charge in [-0.2, -0.15) is 0 Å². The van der Waals surface area contributed by atoms with Gasteiger partial charge in [0.15, 0.2) is 5.15 Å². The van der Waals surface area contributed by atoms with Gasteiger partial charge in [-0.3, -0.25) is 9.20 Å². The summed E-state index contributed by atoms with van der Waals surface area (Å²) in [6.07, 6.45) is 5.00. The van der Waals surface area contributed by atoms with E-state index >= 15 is 0 Å². The van der Waals surface area contributed by atoms with Gasteiger partial charge in [-0.05, 0) is 28.8 Å². The number of ether oxygens (including phenoxy) is 1. The minimum absolute atomic E-state index is 0.0221. The average Bonchev–Trinajstić information content (AvgIpc) is 2.85. The van der Waals surface area contributed by atoms with Crippen molar-refractivity contribution < 1.29 is 9.53 Å². The molecule has 0 saturated carbocycles. The molecule has 0 radical (unpaired) electrons. The number of piperidine rings is 1. The van der Waals surface area contributed by atoms with Gasteiger partial charge >= 0.3 is 5.97 Å². The van der Waals surface area contributed by atoms with Crippen LogP contribution in [0.3, 0.4) is 0 Å². The van der Waals surface area contributed by atoms with E-state index in [2.05, 4.69) is 30.8 Å². The number of hydrogen-bond acceptors (Lipinski definition) is 5. The maximum Gasteiger partial charge on any atom is 0.308 e. The number of methoxy groups -OCH3 is 1. The fraction of sp³-hybridized carbons (Fsp3) is 0.462. The number of aromatic nitrogens is 3. The number of carbonyl (C=O) groups is 1. The summed E-state index contributed by atoms with van der Waals surface area (Å²) in [6.45, 7) is 1.51. The molecule has 0 bridgehead atoms. The fourth-order valence-electron chi connectivity index (χ4n) is 2.65. The summed E-state index contributed by atoms with van der Waals surface area (Å²) in [5.41, 5.74) is 0.754. The molecule has 8 heteroatoms. The summed E-state index contributed by atoms with van der Waals surface area (Å²) < 4.78 is 7.40. The minimum atomic E-state index is -0.129. The lowest BCUT2D eigenvalue weighted by Gasteiger charge is -2.30. The zero-order valence-corrected chi connectivity index (χ0v) is 13.8. The standard InChI is InChI=1S/C13H14BrClN4O2/c1-21-12(20)8-2-5-18(6-3-8)13-17-10(14)9-11(15)16-4-7-19(9)13/h4,7-8H,2-3,5-6H2,1H3. The molecule has 1 fully saturated rings. The van der Waals surface area contributed by atoms with Crippen LogP contribution in [0.4, 0.5) is 5.95 Å². The number of imidazole rings is 1. The van der Waals surface area contributed by atoms with Crippen molar-refractivity contribution in [1.29, 1.82) is 0 Å². The van der Waals surface area contributed by atoms with E-state index in [1.165, 1.54) is 7.11 Å². The maximum atomic E-state index is 11.6. The van der Waals surface area contributed by atoms with Gasteiger partial charge in [0.05, 0.1) is 13.0 Å². The van der Waals surface area contributed by atoms with Gasteiger partial charge in [-0.25, -0.2) is 9.97 Å². The van der Waals surface area contributed by atoms with Gasteiger partial charge < -0.3 is 9.64 Å². The number of nitrogens with zero attached hydrogens (tertiary/aromatic N) is 4. The molecular weight excluding hydrogens is 360 g/mol. The lowest BCUT2D eigenvalue weighted by Crippen LogP contribution is -2.37. The van der Waals surface area contributed by atoms with Crippen LogP contribution in [0.25, 0.3) is 5.52 Å². The van der Waals surface area contributed by atoms with Gasteiger partial charge in [-0.1, -0.05) is 11.6 Å². The molecule has 0 amide bonds. The number of rotatable bonds is 2. The van der Waals surface area contributed by atoms with Crippen molar-refractivity contribution in [1.82, 2.24) is 14.4 Å². The van der Waals surface area contributed by atoms with E-state index in [-0.39, 0.29) is 11.9 Å². The van der Waals surface area contributed by atoms with Crippen LogP contribution >= 0.6 is 27.5 Å². The lowest BCUT2D eigenvalue weighted by molar-refractivity contribution is -0.146. The van der Waals surface area contributed by atoms with Crippen LogP contribution in [-0.2, 0) is 9.53 Å². The molecule has 0 atom stereocenters. The number of fused-ring (bicyclic) bond motifs is 1. The second-order valence-corrected chi connectivity index (χ2v) is 6.03. The Hall–Kier alpha value is -1.34. The SMILES string of the molecule is COC(=O)C1CCN(c2nc(Br)c3c(Cl)nccn23)CC1. The van der Waals surface area contributed by atoms with Crippen LogP contribution < -0.4 is 4.90 Å². The fourth-order valence-corrected chi connectivity index (χ4v) is 3.54. The first-order valence-electron chi connectivity index (χ1n) is 6.62. The Balaban J connectivity index is 1.86. The van der Waals surface area contributed by atoms with Crippen LogP contribution in [0.5, 0.6) is 0 Å². The number of halogens is 2. The molecule has 2 aromatic rings. The largest absolute Gasteiger partial charge is 0.469 e. The number of hydrogen-bond donors (Lipinski definition) is 0. The van der Waals surface area contributed by atoms with Gasteiger partial charge in [0.25, 0.3) is 0 Å². The molecule has 0 N–H and O–H groups in total. The summed E-state index contributed by atoms with van der Waals surface area (Å²) in [5.74, 6) is 0.659. The van der Waals surface area contributed by atoms with Crippen LogP contribution in [0.1, 0.15) is 12.8 Å². The molecule has 3 rings (SSSR count). The molecule has 1 aliphatic rings. The van der Waals surface area contributed by atoms with E-state index in [0.717, 1.165) is 37.4 Å². The van der Waals surface area contributed by atoms with E-state index in [0.29, 0.717) is 9.76 Å². The van der Waals surface area contributed by atoms with Gasteiger partial charge in [0.2, 0.25) is 5.95 Å². The van der Waals surface area contributed by atoms with Crippen molar-refractivity contribution in [2.45, 2.75) is 12.8 Å². The molecular formula is C13H14BrClN4O2. The molecule has 1 saturated heterocycles. The Morgan fingerprint density at radius 2 is 2.19 bits per heavy atom. The highest BCUT2D eigenvalue weighted by Gasteiger charge is 2.28. The Morgan fingerprint density at radius 1 is 1.48 bits per heavy atom. The molecule has 112 valence electrons. The van der Waals surface area contributed by atoms with E-state index < -0.39 is 0 Å². The zero-order chi connectivity index (χ0) is 15.0. The van der Waals surface area contributed by atoms with Crippen LogP contribution in [0.15, 0.2) is 17.0 Å². The highest BCUT2D eigenvalue weighted by Crippen LogP contribution is 2.30. The van der Waals surface area contributed by atoms with Crippen molar-refractivity contribution in [2.75, 3.05) is 25.1 Å². The van der Waals surface area contributed by atoms with Gasteiger partial charge in [0.1, 0.15) is 10.1 Å². The van der Waals surface area contributed by atoms with E-state index in [1.54, 1.807) is 6.20 Å². The molecule has 0 aliphatic carbocycles. The van der Waals surface area contributed by atoms with Crippen molar-refractivity contribution in [3.8, 4) is 0 Å². The predicted octanol–water partition coefficient (Wildman–Crippen LogP) is 2.53. The van der Waals surface area contributed by atoms with E-state index in [4.69, 9.17) is 16.3 Å². The maximum absolute atomic E-state index is 11.6. The first-order chi connectivity index (χ1) is 10.1. The second kappa shape index (κ2) is 5.81. The normalized spacial score (nSPS) is 16.4. The van der Waals surface area contributed by atoms with Crippen LogP contribution in [0.2, 0.25) is 5.15 Å². The third-order valence-corrected chi connectivity index (χ3v) is 4.59. The van der Waals surface area contributed by atoms with Crippen molar-refractivity contribution >= 4 is 45.0 Å². The first kappa shape index (κ1) is 14.6. The average molecular weight is 374 g/mol. The Kier molecular flexibility index (Phi) is 4.03. The summed E-state index contributed by atoms with van der Waals surface area (Å²) in [6, 6.07) is 0. The molecule has 21 heavy (non-hydrogen) atoms. The Bertz CT molecular complexity index is 682. The second-order valence-electron chi connectivity index (χ2n) is 4.92. The highest BCUT2D eigenvalue weighted by atomic mass is 79.9. The summed E-state index contributed by atoms with van der Waals surface area (Å²) in [4.78, 5) is 22.3. The molecule has 0 spiro atoms. The summed E-state index contributed by atoms with van der Waals surface area (Å²) >= 11 is 9.54. The quantitative estimate of drug-likeness (QED) is 0.757. The predicted molar refractivity (Wildman–Crippen MR) is 82.7 cm³/mol. The summed E-state index contributed by atoms with van der Waals surface area (Å²) in [7, 11) is 1.43. The first-order valence-corrected chi connectivity index (χ1v) is 7.79. The number of esters is 1. The Morgan fingerprint density at radius 3 is 2.86 bits per heavy atom. The number of anilines is 1. The van der Waals surface area contributed by atoms with Crippen LogP contribution in [-0.4, -0.2) is 40.5 Å². The molecule has 2 aromatic heterocycles. The molecule has 1 aliphatic heterocycles. The van der Waals surface area contributed by atoms with Gasteiger partial charge in [-0.15, -0.1) is 0 Å². The molecule has 0 aromatic carbocycles. The Labute approximate surface area is 135 Å². The number of carbonyl (C=O) groups excluding carboxylic acids is 1. The lowest BCUT2D eigenvalue weighted by atomic mass is 9.97. The summed E-state index contributed by atoms with van der Waals surface area (Å²) in [5, 5.41) is 0.410. The van der Waals surface area contributed by atoms with Crippen LogP contribution in [0, 0.1) is 5.92 Å². The topological polar surface area (TPSA) is 59.7 Å². The zero-order valence-electron chi connectivity index (χ0n) is 11.4. The third kappa shape index (κ3) is 2.60.